The molecule has 8 rings (SSSR count). The molecule has 0 spiro atoms. The fraction of sp³-hybridized carbons (Fsp3) is 0.217. The first-order chi connectivity index (χ1) is 23.4. The summed E-state index contributed by atoms with van der Waals surface area (Å²) < 4.78 is 0. The van der Waals surface area contributed by atoms with Crippen LogP contribution in [-0.4, -0.2) is 9.52 Å². The molecule has 0 saturated heterocycles. The van der Waals surface area contributed by atoms with Crippen LogP contribution in [0.3, 0.4) is 0 Å². The fourth-order valence-corrected chi connectivity index (χ4v) is 11.8. The number of benzene rings is 6. The van der Waals surface area contributed by atoms with Gasteiger partial charge in [0.05, 0.1) is 0 Å². The summed E-state index contributed by atoms with van der Waals surface area (Å²) in [5.74, 6) is 0. The van der Waals surface area contributed by atoms with E-state index >= 15 is 0 Å². The minimum absolute atomic E-state index is 0. The predicted molar refractivity (Wildman–Crippen MR) is 213 cm³/mol. The molecule has 0 nitrogen and oxygen atoms in total. The van der Waals surface area contributed by atoms with Gasteiger partial charge in [0.15, 0.2) is 0 Å². The molecule has 0 heterocycles. The van der Waals surface area contributed by atoms with Crippen LogP contribution < -0.4 is 10.4 Å². The molecular formula is C46H40Cl2HfSi. The molecule has 0 amide bonds. The normalized spacial score (nSPS) is 13.0. The van der Waals surface area contributed by atoms with E-state index in [0.717, 1.165) is 22.9 Å². The van der Waals surface area contributed by atoms with Gasteiger partial charge >= 0.3 is 0 Å². The molecule has 2 aliphatic carbocycles. The van der Waals surface area contributed by atoms with Gasteiger partial charge in [-0.3, -0.25) is 0 Å². The van der Waals surface area contributed by atoms with E-state index in [9.17, 15) is 0 Å². The van der Waals surface area contributed by atoms with Crippen molar-refractivity contribution < 1.29 is 25.8 Å². The van der Waals surface area contributed by atoms with Crippen LogP contribution in [0.4, 0.5) is 0 Å². The van der Waals surface area contributed by atoms with Crippen molar-refractivity contribution in [2.75, 3.05) is 0 Å². The van der Waals surface area contributed by atoms with Gasteiger partial charge in [0, 0.05) is 48.7 Å². The van der Waals surface area contributed by atoms with Crippen LogP contribution in [0.5, 0.6) is 0 Å². The number of hydrogen-bond donors (Lipinski definition) is 0. The van der Waals surface area contributed by atoms with Crippen molar-refractivity contribution in [3.8, 4) is 44.5 Å². The van der Waals surface area contributed by atoms with Gasteiger partial charge in [0.2, 0.25) is 0 Å². The molecule has 4 heteroatoms. The smallest absolute Gasteiger partial charge is 0.0837 e. The first-order valence-electron chi connectivity index (χ1n) is 17.3. The average Bonchev–Trinajstić information content (AvgIpc) is 3.65. The summed E-state index contributed by atoms with van der Waals surface area (Å²) in [5, 5.41) is 4.47. The Labute approximate surface area is 328 Å². The van der Waals surface area contributed by atoms with E-state index in [2.05, 4.69) is 151 Å². The summed E-state index contributed by atoms with van der Waals surface area (Å²) in [5.41, 5.74) is 17.5. The predicted octanol–water partition coefficient (Wildman–Crippen LogP) is 11.7. The van der Waals surface area contributed by atoms with Crippen LogP contribution >= 0.6 is 23.2 Å². The van der Waals surface area contributed by atoms with Gasteiger partial charge in [-0.2, -0.15) is 0 Å². The molecule has 0 bridgehead atoms. The largest absolute Gasteiger partial charge is 0.124 e. The van der Waals surface area contributed by atoms with Crippen molar-refractivity contribution in [1.29, 1.82) is 0 Å². The molecule has 0 aliphatic heterocycles. The van der Waals surface area contributed by atoms with E-state index in [4.69, 9.17) is 23.2 Å². The van der Waals surface area contributed by atoms with Crippen molar-refractivity contribution >= 4 is 43.1 Å². The standard InChI is InChI=1S/C46H40Cl2Si.Hf/c1-45(2,3)39-41(47)33-25-29-21-13-15-23-31(29)37(33)35(27-17-9-7-10-18-27)43(39)49-44-36(28-19-11-8-12-20-28)38-32-24-16-14-22-30(32)26-34(38)42(48)40(44)46(4,5)6;/h7-24H,25-26H2,1-6H3;. The van der Waals surface area contributed by atoms with E-state index in [-0.39, 0.29) is 36.7 Å². The molecule has 2 radical (unpaired) electrons. The third kappa shape index (κ3) is 5.75. The molecule has 6 aromatic carbocycles. The van der Waals surface area contributed by atoms with Gasteiger partial charge in [-0.15, -0.1) is 0 Å². The van der Waals surface area contributed by atoms with Crippen LogP contribution in [-0.2, 0) is 49.5 Å². The Hall–Kier alpha value is -3.01. The second-order valence-corrected chi connectivity index (χ2v) is 17.6. The zero-order valence-corrected chi connectivity index (χ0v) is 35.7. The molecule has 0 atom stereocenters. The summed E-state index contributed by atoms with van der Waals surface area (Å²) in [6.45, 7) is 13.9. The van der Waals surface area contributed by atoms with E-state index < -0.39 is 0 Å². The van der Waals surface area contributed by atoms with Crippen molar-refractivity contribution in [3.05, 3.63) is 153 Å². The Bertz CT molecular complexity index is 2110. The molecule has 2 aliphatic rings. The van der Waals surface area contributed by atoms with Gasteiger partial charge in [0.25, 0.3) is 0 Å². The van der Waals surface area contributed by atoms with Gasteiger partial charge in [0.1, 0.15) is 9.52 Å². The van der Waals surface area contributed by atoms with E-state index in [1.54, 1.807) is 0 Å². The molecule has 0 N–H and O–H groups in total. The summed E-state index contributed by atoms with van der Waals surface area (Å²) in [7, 11) is 0.316. The van der Waals surface area contributed by atoms with Crippen LogP contribution in [0.15, 0.2) is 109 Å². The van der Waals surface area contributed by atoms with Gasteiger partial charge in [-0.1, -0.05) is 174 Å². The minimum atomic E-state index is -0.200. The maximum Gasteiger partial charge on any atom is 0.124 e. The van der Waals surface area contributed by atoms with Crippen molar-refractivity contribution in [1.82, 2.24) is 0 Å². The zero-order chi connectivity index (χ0) is 34.2. The minimum Gasteiger partial charge on any atom is -0.0837 e. The molecule has 6 aromatic rings. The summed E-state index contributed by atoms with van der Waals surface area (Å²) in [6.07, 6.45) is 1.70. The topological polar surface area (TPSA) is 0 Å². The number of fused-ring (bicyclic) bond motifs is 6. The third-order valence-electron chi connectivity index (χ3n) is 10.3. The SMILES string of the molecule is CC(C)(C)c1c(Cl)c2c(c(-c3ccccc3)c1[Si]c1c(-c3ccccc3)c3c(c(Cl)c1C(C)(C)C)Cc1ccccc1-3)-c1ccccc1C2.[Hf]. The average molecular weight is 870 g/mol. The fourth-order valence-electron chi connectivity index (χ4n) is 8.26. The quantitative estimate of drug-likeness (QED) is 0.155. The summed E-state index contributed by atoms with van der Waals surface area (Å²) in [6, 6.07) is 39.7. The van der Waals surface area contributed by atoms with Crippen LogP contribution in [0.1, 0.15) is 74.9 Å². The molecule has 0 fully saturated rings. The van der Waals surface area contributed by atoms with E-state index in [1.165, 1.54) is 88.3 Å². The Morgan fingerprint density at radius 3 is 1.16 bits per heavy atom. The van der Waals surface area contributed by atoms with Crippen LogP contribution in [0.2, 0.25) is 10.0 Å². The monoisotopic (exact) mass is 870 g/mol. The molecular weight excluding hydrogens is 830 g/mol. The van der Waals surface area contributed by atoms with Gasteiger partial charge in [-0.05, 0) is 99.1 Å². The molecule has 0 unspecified atom stereocenters. The number of rotatable bonds is 4. The Kier molecular flexibility index (Phi) is 9.34. The Morgan fingerprint density at radius 2 is 0.800 bits per heavy atom. The maximum atomic E-state index is 7.72. The molecule has 0 saturated carbocycles. The summed E-state index contributed by atoms with van der Waals surface area (Å²) >= 11 is 15.4. The van der Waals surface area contributed by atoms with Crippen LogP contribution in [0.25, 0.3) is 44.5 Å². The zero-order valence-electron chi connectivity index (χ0n) is 29.6. The van der Waals surface area contributed by atoms with Crippen LogP contribution in [0, 0.1) is 0 Å². The Morgan fingerprint density at radius 1 is 0.460 bits per heavy atom. The maximum absolute atomic E-state index is 7.72. The van der Waals surface area contributed by atoms with Gasteiger partial charge in [-0.25, -0.2) is 0 Å². The molecule has 50 heavy (non-hydrogen) atoms. The van der Waals surface area contributed by atoms with Crippen molar-refractivity contribution in [3.63, 3.8) is 0 Å². The van der Waals surface area contributed by atoms with Crippen molar-refractivity contribution in [2.24, 2.45) is 0 Å². The second kappa shape index (κ2) is 13.2. The second-order valence-electron chi connectivity index (χ2n) is 15.6. The number of hydrogen-bond acceptors (Lipinski definition) is 0. The Balaban J connectivity index is 0.00000392. The molecule has 0 aromatic heterocycles. The first kappa shape index (κ1) is 35.4. The third-order valence-corrected chi connectivity index (χ3v) is 12.6. The summed E-state index contributed by atoms with van der Waals surface area (Å²) in [4.78, 5) is 0. The first-order valence-corrected chi connectivity index (χ1v) is 19.0. The van der Waals surface area contributed by atoms with Gasteiger partial charge < -0.3 is 0 Å². The van der Waals surface area contributed by atoms with E-state index in [0.29, 0.717) is 9.52 Å². The number of halogens is 2. The molecule has 246 valence electrons. The van der Waals surface area contributed by atoms with E-state index in [1.807, 2.05) is 0 Å². The van der Waals surface area contributed by atoms with Crippen molar-refractivity contribution in [2.45, 2.75) is 65.2 Å².